The van der Waals surface area contributed by atoms with Crippen molar-refractivity contribution in [2.45, 2.75) is 18.5 Å². The number of halogens is 1. The van der Waals surface area contributed by atoms with Crippen molar-refractivity contribution in [2.75, 3.05) is 11.1 Å². The molecule has 0 aliphatic rings. The standard InChI is InChI=1S/C22H20ClN5OS/c1-16-18(23)10-7-11-19(16)24-21(29)15-30-22-26-25-20(14-17-8-3-2-4-9-17)28(22)27-12-5-6-13-27/h2-13H,14-15H2,1H3,(H,24,29). The smallest absolute Gasteiger partial charge is 0.234 e. The van der Waals surface area contributed by atoms with Gasteiger partial charge in [-0.15, -0.1) is 10.2 Å². The van der Waals surface area contributed by atoms with E-state index in [0.717, 1.165) is 17.0 Å². The van der Waals surface area contributed by atoms with Crippen LogP contribution in [0.3, 0.4) is 0 Å². The molecule has 2 aromatic carbocycles. The van der Waals surface area contributed by atoms with Gasteiger partial charge in [-0.05, 0) is 42.3 Å². The summed E-state index contributed by atoms with van der Waals surface area (Å²) < 4.78 is 3.84. The van der Waals surface area contributed by atoms with Gasteiger partial charge < -0.3 is 5.32 Å². The highest BCUT2D eigenvalue weighted by Crippen LogP contribution is 2.24. The van der Waals surface area contributed by atoms with Gasteiger partial charge in [-0.25, -0.2) is 4.68 Å². The third-order valence-corrected chi connectivity index (χ3v) is 5.90. The number of carbonyl (C=O) groups is 1. The Kier molecular flexibility index (Phi) is 6.21. The lowest BCUT2D eigenvalue weighted by Gasteiger charge is -2.12. The molecule has 152 valence electrons. The normalized spacial score (nSPS) is 10.9. The van der Waals surface area contributed by atoms with Crippen LogP contribution in [0, 0.1) is 6.92 Å². The van der Waals surface area contributed by atoms with Crippen LogP contribution in [-0.4, -0.2) is 31.2 Å². The molecule has 0 saturated heterocycles. The van der Waals surface area contributed by atoms with E-state index < -0.39 is 0 Å². The Hall–Kier alpha value is -3.03. The molecule has 1 amide bonds. The highest BCUT2D eigenvalue weighted by atomic mass is 35.5. The number of nitrogens with one attached hydrogen (secondary N) is 1. The molecular weight excluding hydrogens is 418 g/mol. The second-order valence-corrected chi connectivity index (χ2v) is 8.03. The van der Waals surface area contributed by atoms with Gasteiger partial charge in [0.2, 0.25) is 11.1 Å². The van der Waals surface area contributed by atoms with Crippen LogP contribution in [0.1, 0.15) is 17.0 Å². The fraction of sp³-hybridized carbons (Fsp3) is 0.136. The Labute approximate surface area is 183 Å². The quantitative estimate of drug-likeness (QED) is 0.426. The van der Waals surface area contributed by atoms with Crippen molar-refractivity contribution in [2.24, 2.45) is 0 Å². The van der Waals surface area contributed by atoms with Gasteiger partial charge in [-0.1, -0.05) is 59.8 Å². The summed E-state index contributed by atoms with van der Waals surface area (Å²) >= 11 is 7.47. The summed E-state index contributed by atoms with van der Waals surface area (Å²) in [5.41, 5.74) is 2.70. The minimum absolute atomic E-state index is 0.128. The fourth-order valence-corrected chi connectivity index (χ4v) is 3.95. The summed E-state index contributed by atoms with van der Waals surface area (Å²) in [6.07, 6.45) is 4.50. The Bertz CT molecular complexity index is 1140. The molecule has 0 spiro atoms. The zero-order valence-corrected chi connectivity index (χ0v) is 17.9. The lowest BCUT2D eigenvalue weighted by atomic mass is 10.1. The first-order valence-electron chi connectivity index (χ1n) is 9.41. The fourth-order valence-electron chi connectivity index (χ4n) is 3.02. The van der Waals surface area contributed by atoms with Crippen LogP contribution < -0.4 is 5.32 Å². The number of benzene rings is 2. The molecule has 0 unspecified atom stereocenters. The number of aromatic nitrogens is 4. The second-order valence-electron chi connectivity index (χ2n) is 6.69. The maximum atomic E-state index is 12.5. The van der Waals surface area contributed by atoms with Gasteiger partial charge in [0.1, 0.15) is 0 Å². The Morgan fingerprint density at radius 2 is 1.80 bits per heavy atom. The summed E-state index contributed by atoms with van der Waals surface area (Å²) in [6.45, 7) is 1.88. The second kappa shape index (κ2) is 9.19. The number of rotatable bonds is 7. The molecule has 0 fully saturated rings. The molecule has 4 rings (SSSR count). The molecule has 8 heteroatoms. The minimum atomic E-state index is -0.128. The SMILES string of the molecule is Cc1c(Cl)cccc1NC(=O)CSc1nnc(Cc2ccccc2)n1-n1cccc1. The monoisotopic (exact) mass is 437 g/mol. The molecule has 0 aliphatic heterocycles. The number of anilines is 1. The van der Waals surface area contributed by atoms with Crippen LogP contribution in [0.2, 0.25) is 5.02 Å². The van der Waals surface area contributed by atoms with E-state index >= 15 is 0 Å². The summed E-state index contributed by atoms with van der Waals surface area (Å²) in [5.74, 6) is 0.875. The summed E-state index contributed by atoms with van der Waals surface area (Å²) in [4.78, 5) is 12.5. The van der Waals surface area contributed by atoms with Crippen LogP contribution in [0.5, 0.6) is 0 Å². The van der Waals surface area contributed by atoms with Gasteiger partial charge in [-0.3, -0.25) is 9.47 Å². The van der Waals surface area contributed by atoms with Crippen LogP contribution >= 0.6 is 23.4 Å². The van der Waals surface area contributed by atoms with Gasteiger partial charge in [0.05, 0.1) is 5.75 Å². The molecule has 0 aliphatic carbocycles. The predicted octanol–water partition coefficient (Wildman–Crippen LogP) is 4.67. The van der Waals surface area contributed by atoms with Crippen molar-refractivity contribution in [1.82, 2.24) is 19.5 Å². The van der Waals surface area contributed by atoms with Gasteiger partial charge >= 0.3 is 0 Å². The lowest BCUT2D eigenvalue weighted by Crippen LogP contribution is -2.17. The van der Waals surface area contributed by atoms with Crippen LogP contribution in [0.15, 0.2) is 78.2 Å². The van der Waals surface area contributed by atoms with Crippen molar-refractivity contribution < 1.29 is 4.79 Å². The maximum absolute atomic E-state index is 12.5. The molecule has 4 aromatic rings. The van der Waals surface area contributed by atoms with E-state index in [2.05, 4.69) is 27.6 Å². The number of hydrogen-bond donors (Lipinski definition) is 1. The minimum Gasteiger partial charge on any atom is -0.325 e. The Morgan fingerprint density at radius 3 is 2.57 bits per heavy atom. The van der Waals surface area contributed by atoms with E-state index in [0.29, 0.717) is 22.3 Å². The van der Waals surface area contributed by atoms with Crippen LogP contribution in [0.4, 0.5) is 5.69 Å². The van der Waals surface area contributed by atoms with E-state index in [9.17, 15) is 4.79 Å². The van der Waals surface area contributed by atoms with Crippen molar-refractivity contribution in [3.8, 4) is 0 Å². The zero-order chi connectivity index (χ0) is 20.9. The summed E-state index contributed by atoms with van der Waals surface area (Å²) in [7, 11) is 0. The van der Waals surface area contributed by atoms with Crippen molar-refractivity contribution in [3.05, 3.63) is 95.0 Å². The van der Waals surface area contributed by atoms with Gasteiger partial charge in [0, 0.05) is 29.5 Å². The largest absolute Gasteiger partial charge is 0.325 e. The van der Waals surface area contributed by atoms with E-state index in [4.69, 9.17) is 11.6 Å². The number of hydrogen-bond acceptors (Lipinski definition) is 4. The molecule has 0 saturated carbocycles. The molecule has 0 radical (unpaired) electrons. The number of amides is 1. The molecule has 1 N–H and O–H groups in total. The number of nitrogens with zero attached hydrogens (tertiary/aromatic N) is 4. The van der Waals surface area contributed by atoms with Crippen molar-refractivity contribution in [3.63, 3.8) is 0 Å². The first-order valence-corrected chi connectivity index (χ1v) is 10.8. The summed E-state index contributed by atoms with van der Waals surface area (Å²) in [5, 5.41) is 12.9. The molecule has 6 nitrogen and oxygen atoms in total. The van der Waals surface area contributed by atoms with E-state index in [1.165, 1.54) is 11.8 Å². The molecular formula is C22H20ClN5OS. The van der Waals surface area contributed by atoms with Gasteiger partial charge in [0.25, 0.3) is 0 Å². The third-order valence-electron chi connectivity index (χ3n) is 4.58. The zero-order valence-electron chi connectivity index (χ0n) is 16.3. The highest BCUT2D eigenvalue weighted by molar-refractivity contribution is 7.99. The maximum Gasteiger partial charge on any atom is 0.234 e. The molecule has 30 heavy (non-hydrogen) atoms. The van der Waals surface area contributed by atoms with Crippen molar-refractivity contribution in [1.29, 1.82) is 0 Å². The number of carbonyl (C=O) groups excluding carboxylic acids is 1. The Balaban J connectivity index is 1.51. The van der Waals surface area contributed by atoms with Crippen LogP contribution in [-0.2, 0) is 11.2 Å². The van der Waals surface area contributed by atoms with E-state index in [1.54, 1.807) is 6.07 Å². The number of thioether (sulfide) groups is 1. The Morgan fingerprint density at radius 1 is 1.03 bits per heavy atom. The third kappa shape index (κ3) is 4.58. The average molecular weight is 438 g/mol. The van der Waals surface area contributed by atoms with Gasteiger partial charge in [-0.2, -0.15) is 0 Å². The lowest BCUT2D eigenvalue weighted by molar-refractivity contribution is -0.113. The van der Waals surface area contributed by atoms with Gasteiger partial charge in [0.15, 0.2) is 5.82 Å². The van der Waals surface area contributed by atoms with E-state index in [-0.39, 0.29) is 11.7 Å². The average Bonchev–Trinajstić information content (AvgIpc) is 3.40. The van der Waals surface area contributed by atoms with E-state index in [1.807, 2.05) is 71.1 Å². The van der Waals surface area contributed by atoms with Crippen molar-refractivity contribution >= 4 is 35.0 Å². The molecule has 2 aromatic heterocycles. The topological polar surface area (TPSA) is 64.7 Å². The van der Waals surface area contributed by atoms with Crippen LogP contribution in [0.25, 0.3) is 0 Å². The molecule has 2 heterocycles. The molecule has 0 bridgehead atoms. The predicted molar refractivity (Wildman–Crippen MR) is 120 cm³/mol. The first kappa shape index (κ1) is 20.3. The highest BCUT2D eigenvalue weighted by Gasteiger charge is 2.16. The summed E-state index contributed by atoms with van der Waals surface area (Å²) in [6, 6.07) is 19.4. The molecule has 0 atom stereocenters. The first-order chi connectivity index (χ1) is 14.6.